The van der Waals surface area contributed by atoms with E-state index >= 15 is 0 Å². The minimum Gasteiger partial charge on any atom is -0.343 e. The number of hydrogen-bond donors (Lipinski definition) is 0. The van der Waals surface area contributed by atoms with E-state index in [0.717, 1.165) is 5.56 Å². The molecule has 104 valence electrons. The molecule has 1 aromatic rings. The van der Waals surface area contributed by atoms with E-state index in [2.05, 4.69) is 0 Å². The Kier molecular flexibility index (Phi) is 4.29. The smallest absolute Gasteiger partial charge is 0.269 e. The third-order valence-corrected chi connectivity index (χ3v) is 3.43. The number of hydrogen-bond acceptors (Lipinski definition) is 3. The summed E-state index contributed by atoms with van der Waals surface area (Å²) < 4.78 is 0. The highest BCUT2D eigenvalue weighted by atomic mass is 16.6. The number of carbonyl (C=O) groups is 1. The molecule has 0 aliphatic carbocycles. The summed E-state index contributed by atoms with van der Waals surface area (Å²) in [4.78, 5) is 24.3. The molecule has 19 heavy (non-hydrogen) atoms. The number of nitro groups is 1. The molecule has 0 saturated heterocycles. The van der Waals surface area contributed by atoms with Crippen molar-refractivity contribution in [3.8, 4) is 0 Å². The highest BCUT2D eigenvalue weighted by molar-refractivity contribution is 5.87. The molecule has 0 saturated carbocycles. The van der Waals surface area contributed by atoms with Crippen molar-refractivity contribution in [3.63, 3.8) is 0 Å². The van der Waals surface area contributed by atoms with Crippen molar-refractivity contribution in [1.29, 1.82) is 0 Å². The third-order valence-electron chi connectivity index (χ3n) is 3.43. The standard InChI is InChI=1S/C14H20N2O3/c1-10(2)15(5)13(17)14(3,4)11-6-8-12(9-7-11)16(18)19/h6-10H,1-5H3. The van der Waals surface area contributed by atoms with Crippen LogP contribution in [0.4, 0.5) is 5.69 Å². The lowest BCUT2D eigenvalue weighted by molar-refractivity contribution is -0.384. The maximum atomic E-state index is 12.4. The fourth-order valence-electron chi connectivity index (χ4n) is 1.80. The molecule has 0 aliphatic heterocycles. The van der Waals surface area contributed by atoms with E-state index in [-0.39, 0.29) is 17.6 Å². The number of benzene rings is 1. The second-order valence-corrected chi connectivity index (χ2v) is 5.44. The molecule has 0 atom stereocenters. The lowest BCUT2D eigenvalue weighted by Gasteiger charge is -2.32. The molecule has 0 unspecified atom stereocenters. The van der Waals surface area contributed by atoms with Gasteiger partial charge in [0, 0.05) is 25.2 Å². The Hall–Kier alpha value is -1.91. The minimum absolute atomic E-state index is 0.00338. The molecular weight excluding hydrogens is 244 g/mol. The highest BCUT2D eigenvalue weighted by Gasteiger charge is 2.33. The number of nitro benzene ring substituents is 1. The SMILES string of the molecule is CC(C)N(C)C(=O)C(C)(C)c1ccc([N+](=O)[O-])cc1. The van der Waals surface area contributed by atoms with Gasteiger partial charge in [-0.15, -0.1) is 0 Å². The summed E-state index contributed by atoms with van der Waals surface area (Å²) in [5, 5.41) is 10.6. The van der Waals surface area contributed by atoms with Gasteiger partial charge in [0.15, 0.2) is 0 Å². The molecule has 0 N–H and O–H groups in total. The Bertz CT molecular complexity index is 478. The van der Waals surface area contributed by atoms with Gasteiger partial charge < -0.3 is 4.90 Å². The second kappa shape index (κ2) is 5.38. The first-order valence-corrected chi connectivity index (χ1v) is 6.20. The summed E-state index contributed by atoms with van der Waals surface area (Å²) in [6, 6.07) is 6.26. The Morgan fingerprint density at radius 1 is 1.26 bits per heavy atom. The fraction of sp³-hybridized carbons (Fsp3) is 0.500. The zero-order valence-electron chi connectivity index (χ0n) is 12.0. The van der Waals surface area contributed by atoms with Crippen molar-refractivity contribution in [2.75, 3.05) is 7.05 Å². The zero-order chi connectivity index (χ0) is 14.8. The first-order valence-electron chi connectivity index (χ1n) is 6.20. The van der Waals surface area contributed by atoms with Crippen molar-refractivity contribution >= 4 is 11.6 Å². The molecule has 0 heterocycles. The van der Waals surface area contributed by atoms with Crippen LogP contribution in [0, 0.1) is 10.1 Å². The number of amides is 1. The van der Waals surface area contributed by atoms with Crippen LogP contribution in [0.15, 0.2) is 24.3 Å². The van der Waals surface area contributed by atoms with Crippen molar-refractivity contribution in [3.05, 3.63) is 39.9 Å². The van der Waals surface area contributed by atoms with Crippen molar-refractivity contribution in [2.45, 2.75) is 39.2 Å². The maximum absolute atomic E-state index is 12.4. The van der Waals surface area contributed by atoms with Gasteiger partial charge in [0.25, 0.3) is 5.69 Å². The Labute approximate surface area is 113 Å². The maximum Gasteiger partial charge on any atom is 0.269 e. The van der Waals surface area contributed by atoms with Crippen LogP contribution in [0.25, 0.3) is 0 Å². The Morgan fingerprint density at radius 2 is 1.74 bits per heavy atom. The van der Waals surface area contributed by atoms with Crippen molar-refractivity contribution in [1.82, 2.24) is 4.90 Å². The van der Waals surface area contributed by atoms with Crippen LogP contribution < -0.4 is 0 Å². The summed E-state index contributed by atoms with van der Waals surface area (Å²) >= 11 is 0. The summed E-state index contributed by atoms with van der Waals surface area (Å²) in [5.74, 6) is -0.00338. The molecule has 0 spiro atoms. The average Bonchev–Trinajstić information content (AvgIpc) is 2.36. The first kappa shape index (κ1) is 15.1. The average molecular weight is 264 g/mol. The van der Waals surface area contributed by atoms with Crippen LogP contribution in [0.3, 0.4) is 0 Å². The van der Waals surface area contributed by atoms with Gasteiger partial charge in [-0.3, -0.25) is 14.9 Å². The predicted molar refractivity (Wildman–Crippen MR) is 74.0 cm³/mol. The molecule has 0 radical (unpaired) electrons. The van der Waals surface area contributed by atoms with Crippen molar-refractivity contribution in [2.24, 2.45) is 0 Å². The molecule has 1 amide bonds. The number of rotatable bonds is 4. The van der Waals surface area contributed by atoms with Gasteiger partial charge in [0.1, 0.15) is 0 Å². The van der Waals surface area contributed by atoms with Crippen LogP contribution in [0.2, 0.25) is 0 Å². The number of likely N-dealkylation sites (N-methyl/N-ethyl adjacent to an activating group) is 1. The Balaban J connectivity index is 3.06. The van der Waals surface area contributed by atoms with Crippen LogP contribution in [0.1, 0.15) is 33.3 Å². The van der Waals surface area contributed by atoms with Gasteiger partial charge in [-0.25, -0.2) is 0 Å². The zero-order valence-corrected chi connectivity index (χ0v) is 12.0. The molecule has 0 aliphatic rings. The van der Waals surface area contributed by atoms with Crippen LogP contribution in [-0.2, 0) is 10.2 Å². The van der Waals surface area contributed by atoms with Gasteiger partial charge in [0.05, 0.1) is 10.3 Å². The molecule has 0 fully saturated rings. The van der Waals surface area contributed by atoms with Gasteiger partial charge in [-0.2, -0.15) is 0 Å². The molecule has 0 bridgehead atoms. The van der Waals surface area contributed by atoms with Gasteiger partial charge in [-0.1, -0.05) is 12.1 Å². The lowest BCUT2D eigenvalue weighted by Crippen LogP contribution is -2.44. The van der Waals surface area contributed by atoms with E-state index < -0.39 is 10.3 Å². The van der Waals surface area contributed by atoms with Crippen LogP contribution in [0.5, 0.6) is 0 Å². The molecule has 1 rings (SSSR count). The van der Waals surface area contributed by atoms with Crippen molar-refractivity contribution < 1.29 is 9.72 Å². The summed E-state index contributed by atoms with van der Waals surface area (Å²) in [6.45, 7) is 7.55. The largest absolute Gasteiger partial charge is 0.343 e. The molecule has 0 aromatic heterocycles. The first-order chi connectivity index (χ1) is 8.67. The fourth-order valence-corrected chi connectivity index (χ4v) is 1.80. The molecule has 5 heteroatoms. The summed E-state index contributed by atoms with van der Waals surface area (Å²) in [5.41, 5.74) is 0.105. The van der Waals surface area contributed by atoms with E-state index in [0.29, 0.717) is 0 Å². The van der Waals surface area contributed by atoms with Gasteiger partial charge in [-0.05, 0) is 33.3 Å². The van der Waals surface area contributed by atoms with Gasteiger partial charge >= 0.3 is 0 Å². The summed E-state index contributed by atoms with van der Waals surface area (Å²) in [7, 11) is 1.76. The third kappa shape index (κ3) is 3.10. The van der Waals surface area contributed by atoms with Gasteiger partial charge in [0.2, 0.25) is 5.91 Å². The van der Waals surface area contributed by atoms with Crippen LogP contribution >= 0.6 is 0 Å². The molecule has 5 nitrogen and oxygen atoms in total. The number of nitrogens with zero attached hydrogens (tertiary/aromatic N) is 2. The lowest BCUT2D eigenvalue weighted by atomic mass is 9.83. The van der Waals surface area contributed by atoms with E-state index in [1.807, 2.05) is 27.7 Å². The molecular formula is C14H20N2O3. The quantitative estimate of drug-likeness (QED) is 0.620. The number of carbonyl (C=O) groups excluding carboxylic acids is 1. The van der Waals surface area contributed by atoms with E-state index in [1.165, 1.54) is 12.1 Å². The highest BCUT2D eigenvalue weighted by Crippen LogP contribution is 2.27. The topological polar surface area (TPSA) is 63.5 Å². The molecule has 1 aromatic carbocycles. The predicted octanol–water partition coefficient (Wildman–Crippen LogP) is 2.74. The second-order valence-electron chi connectivity index (χ2n) is 5.44. The van der Waals surface area contributed by atoms with E-state index in [1.54, 1.807) is 24.1 Å². The number of non-ortho nitro benzene ring substituents is 1. The normalized spacial score (nSPS) is 11.5. The Morgan fingerprint density at radius 3 is 2.11 bits per heavy atom. The van der Waals surface area contributed by atoms with Crippen LogP contribution in [-0.4, -0.2) is 28.8 Å². The van der Waals surface area contributed by atoms with E-state index in [9.17, 15) is 14.9 Å². The monoisotopic (exact) mass is 264 g/mol. The van der Waals surface area contributed by atoms with E-state index in [4.69, 9.17) is 0 Å². The minimum atomic E-state index is -0.700. The summed E-state index contributed by atoms with van der Waals surface area (Å²) in [6.07, 6.45) is 0.